The van der Waals surface area contributed by atoms with Gasteiger partial charge in [0.15, 0.2) is 14.9 Å². The summed E-state index contributed by atoms with van der Waals surface area (Å²) in [4.78, 5) is 16.2. The maximum absolute atomic E-state index is 12.1. The summed E-state index contributed by atoms with van der Waals surface area (Å²) in [5.74, 6) is -0.0782. The molecule has 3 heterocycles. The van der Waals surface area contributed by atoms with E-state index in [2.05, 4.69) is 10.1 Å². The summed E-state index contributed by atoms with van der Waals surface area (Å²) in [6.07, 6.45) is 1.64. The van der Waals surface area contributed by atoms with Crippen LogP contribution in [0.1, 0.15) is 18.2 Å². The molecule has 0 bridgehead atoms. The normalized spacial score (nSPS) is 12.0. The van der Waals surface area contributed by atoms with Crippen LogP contribution in [0, 0.1) is 6.92 Å². The summed E-state index contributed by atoms with van der Waals surface area (Å²) in [6, 6.07) is 6.35. The maximum Gasteiger partial charge on any atom is 0.274 e. The summed E-state index contributed by atoms with van der Waals surface area (Å²) in [5, 5.41) is 4.26. The van der Waals surface area contributed by atoms with Crippen molar-refractivity contribution in [3.63, 3.8) is 0 Å². The maximum atomic E-state index is 12.1. The molecular weight excluding hydrogens is 352 g/mol. The predicted octanol–water partition coefficient (Wildman–Crippen LogP) is 1.69. The Morgan fingerprint density at radius 1 is 1.25 bits per heavy atom. The molecule has 0 aromatic carbocycles. The molecule has 0 fully saturated rings. The lowest BCUT2D eigenvalue weighted by atomic mass is 10.2. The highest BCUT2D eigenvalue weighted by atomic mass is 35.5. The first-order chi connectivity index (χ1) is 11.3. The molecule has 126 valence electrons. The minimum atomic E-state index is -3.50. The van der Waals surface area contributed by atoms with Gasteiger partial charge in [-0.1, -0.05) is 24.6 Å². The number of rotatable bonds is 4. The molecule has 0 spiro atoms. The first-order valence-corrected chi connectivity index (χ1v) is 9.28. The Labute approximate surface area is 143 Å². The van der Waals surface area contributed by atoms with Crippen LogP contribution in [0.15, 0.2) is 40.3 Å². The topological polar surface area (TPSA) is 86.3 Å². The molecule has 3 rings (SSSR count). The van der Waals surface area contributed by atoms with Crippen molar-refractivity contribution in [3.05, 3.63) is 57.2 Å². The van der Waals surface area contributed by atoms with Gasteiger partial charge in [-0.15, -0.1) is 0 Å². The number of pyridine rings is 1. The zero-order valence-electron chi connectivity index (χ0n) is 13.1. The fourth-order valence-corrected chi connectivity index (χ4v) is 3.29. The third kappa shape index (κ3) is 2.94. The Balaban J connectivity index is 2.20. The van der Waals surface area contributed by atoms with Crippen LogP contribution in [0.5, 0.6) is 0 Å². The highest BCUT2D eigenvalue weighted by molar-refractivity contribution is 7.91. The van der Waals surface area contributed by atoms with Gasteiger partial charge in [0.25, 0.3) is 5.56 Å². The molecule has 0 radical (unpaired) electrons. The fourth-order valence-electron chi connectivity index (χ4n) is 2.39. The van der Waals surface area contributed by atoms with E-state index in [1.807, 2.05) is 10.6 Å². The van der Waals surface area contributed by atoms with E-state index in [1.54, 1.807) is 19.2 Å². The average molecular weight is 367 g/mol. The van der Waals surface area contributed by atoms with E-state index >= 15 is 0 Å². The van der Waals surface area contributed by atoms with Gasteiger partial charge in [0.2, 0.25) is 0 Å². The smallest absolute Gasteiger partial charge is 0.274 e. The average Bonchev–Trinajstić information content (AvgIpc) is 3.00. The van der Waals surface area contributed by atoms with Gasteiger partial charge in [-0.2, -0.15) is 9.61 Å². The number of aromatic nitrogens is 4. The van der Waals surface area contributed by atoms with Crippen LogP contribution in [-0.4, -0.2) is 33.3 Å². The number of fused-ring (bicyclic) bond motifs is 1. The number of sulfone groups is 1. The molecule has 7 nitrogen and oxygen atoms in total. The molecule has 0 saturated heterocycles. The number of hydrogen-bond acceptors (Lipinski definition) is 5. The van der Waals surface area contributed by atoms with Crippen LogP contribution in [0.2, 0.25) is 5.15 Å². The molecule has 0 N–H and O–H groups in total. The van der Waals surface area contributed by atoms with Crippen molar-refractivity contribution in [1.29, 1.82) is 0 Å². The van der Waals surface area contributed by atoms with E-state index in [9.17, 15) is 13.2 Å². The van der Waals surface area contributed by atoms with Gasteiger partial charge in [-0.3, -0.25) is 4.79 Å². The zero-order chi connectivity index (χ0) is 17.5. The molecule has 0 aliphatic rings. The summed E-state index contributed by atoms with van der Waals surface area (Å²) in [6.45, 7) is 3.74. The lowest BCUT2D eigenvalue weighted by Crippen LogP contribution is -2.20. The first kappa shape index (κ1) is 16.7. The number of aryl methyl sites for hydroxylation is 1. The highest BCUT2D eigenvalue weighted by Gasteiger charge is 2.19. The van der Waals surface area contributed by atoms with Gasteiger partial charge in [0.1, 0.15) is 10.8 Å². The third-order valence-electron chi connectivity index (χ3n) is 3.74. The van der Waals surface area contributed by atoms with Gasteiger partial charge in [-0.25, -0.2) is 13.4 Å². The predicted molar refractivity (Wildman–Crippen MR) is 90.3 cm³/mol. The minimum Gasteiger partial charge on any atom is -0.326 e. The highest BCUT2D eigenvalue weighted by Crippen LogP contribution is 2.15. The van der Waals surface area contributed by atoms with E-state index in [4.69, 9.17) is 11.6 Å². The Bertz CT molecular complexity index is 1070. The summed E-state index contributed by atoms with van der Waals surface area (Å²) >= 11 is 5.79. The largest absolute Gasteiger partial charge is 0.326 e. The van der Waals surface area contributed by atoms with Gasteiger partial charge < -0.3 is 4.57 Å². The van der Waals surface area contributed by atoms with Crippen molar-refractivity contribution in [3.8, 4) is 0 Å². The van der Waals surface area contributed by atoms with Crippen LogP contribution < -0.4 is 5.56 Å². The molecule has 0 aliphatic heterocycles. The van der Waals surface area contributed by atoms with Gasteiger partial charge in [-0.05, 0) is 18.6 Å². The van der Waals surface area contributed by atoms with Gasteiger partial charge in [0, 0.05) is 24.0 Å². The molecule has 24 heavy (non-hydrogen) atoms. The van der Waals surface area contributed by atoms with Crippen LogP contribution in [0.25, 0.3) is 5.65 Å². The molecule has 0 aliphatic carbocycles. The first-order valence-electron chi connectivity index (χ1n) is 7.25. The van der Waals surface area contributed by atoms with Crippen molar-refractivity contribution >= 4 is 27.1 Å². The molecule has 0 amide bonds. The van der Waals surface area contributed by atoms with Crippen LogP contribution in [0.3, 0.4) is 0 Å². The third-order valence-corrected chi connectivity index (χ3v) is 5.56. The molecule has 3 aromatic heterocycles. The Hall–Kier alpha value is -2.19. The lowest BCUT2D eigenvalue weighted by Gasteiger charge is -2.12. The fraction of sp³-hybridized carbons (Fsp3) is 0.267. The monoisotopic (exact) mass is 366 g/mol. The molecule has 9 heteroatoms. The van der Waals surface area contributed by atoms with E-state index in [0.717, 1.165) is 10.1 Å². The van der Waals surface area contributed by atoms with Crippen molar-refractivity contribution in [1.82, 2.24) is 19.2 Å². The van der Waals surface area contributed by atoms with Crippen molar-refractivity contribution in [2.45, 2.75) is 25.4 Å². The summed E-state index contributed by atoms with van der Waals surface area (Å²) in [7, 11) is -3.50. The Morgan fingerprint density at radius 2 is 2.00 bits per heavy atom. The lowest BCUT2D eigenvalue weighted by molar-refractivity contribution is 0.591. The standard InChI is InChI=1S/C15H15ClN4O3S/c1-3-24(22,23)13-7-14-19(9-11-4-5-12(16)17-8-11)10(2)6-15(21)20(14)18-13/h4-8H,3,9H2,1-2H3. The van der Waals surface area contributed by atoms with Crippen molar-refractivity contribution in [2.24, 2.45) is 0 Å². The van der Waals surface area contributed by atoms with E-state index < -0.39 is 9.84 Å². The molecular formula is C15H15ClN4O3S. The second kappa shape index (κ2) is 6.03. The van der Waals surface area contributed by atoms with Crippen molar-refractivity contribution in [2.75, 3.05) is 5.75 Å². The summed E-state index contributed by atoms with van der Waals surface area (Å²) < 4.78 is 27.0. The number of hydrogen-bond donors (Lipinski definition) is 0. The Morgan fingerprint density at radius 3 is 2.62 bits per heavy atom. The number of nitrogens with zero attached hydrogens (tertiary/aromatic N) is 4. The van der Waals surface area contributed by atoms with Crippen LogP contribution >= 0.6 is 11.6 Å². The van der Waals surface area contributed by atoms with Crippen molar-refractivity contribution < 1.29 is 8.42 Å². The molecule has 3 aromatic rings. The van der Waals surface area contributed by atoms with Crippen LogP contribution in [-0.2, 0) is 16.4 Å². The number of halogens is 1. The Kier molecular flexibility index (Phi) is 4.18. The second-order valence-corrected chi connectivity index (χ2v) is 7.97. The molecule has 0 atom stereocenters. The van der Waals surface area contributed by atoms with E-state index in [1.165, 1.54) is 19.1 Å². The van der Waals surface area contributed by atoms with Gasteiger partial charge in [0.05, 0.1) is 12.3 Å². The minimum absolute atomic E-state index is 0.0782. The van der Waals surface area contributed by atoms with Crippen LogP contribution in [0.4, 0.5) is 0 Å². The zero-order valence-corrected chi connectivity index (χ0v) is 14.7. The molecule has 0 saturated carbocycles. The van der Waals surface area contributed by atoms with E-state index in [-0.39, 0.29) is 16.3 Å². The summed E-state index contributed by atoms with van der Waals surface area (Å²) in [5.41, 5.74) is 1.62. The van der Waals surface area contributed by atoms with E-state index in [0.29, 0.717) is 23.0 Å². The quantitative estimate of drug-likeness (QED) is 0.656. The SMILES string of the molecule is CCS(=O)(=O)c1cc2n(Cc3ccc(Cl)nc3)c(C)cc(=O)n2n1. The van der Waals surface area contributed by atoms with Gasteiger partial charge >= 0.3 is 0 Å². The second-order valence-electron chi connectivity index (χ2n) is 5.36. The molecule has 0 unspecified atom stereocenters.